The maximum absolute atomic E-state index is 12.9. The molecule has 0 bridgehead atoms. The molecule has 100 valence electrons. The molecule has 0 saturated carbocycles. The van der Waals surface area contributed by atoms with Crippen LogP contribution in [0.1, 0.15) is 16.1 Å². The summed E-state index contributed by atoms with van der Waals surface area (Å²) in [6.45, 7) is 0. The third-order valence-corrected chi connectivity index (χ3v) is 2.37. The van der Waals surface area contributed by atoms with E-state index in [9.17, 15) is 22.4 Å². The van der Waals surface area contributed by atoms with E-state index in [4.69, 9.17) is 5.73 Å². The molecule has 1 aromatic heterocycles. The van der Waals surface area contributed by atoms with E-state index >= 15 is 0 Å². The highest BCUT2D eigenvalue weighted by molar-refractivity contribution is 5.94. The first-order valence-electron chi connectivity index (χ1n) is 5.01. The number of alkyl halides is 3. The fourth-order valence-corrected chi connectivity index (χ4v) is 1.58. The van der Waals surface area contributed by atoms with Crippen molar-refractivity contribution in [3.05, 3.63) is 47.5 Å². The van der Waals surface area contributed by atoms with Gasteiger partial charge in [-0.05, 0) is 24.3 Å². The number of rotatable bonds is 2. The van der Waals surface area contributed by atoms with Gasteiger partial charge in [0.25, 0.3) is 5.91 Å². The summed E-state index contributed by atoms with van der Waals surface area (Å²) < 4.78 is 52.0. The lowest BCUT2D eigenvalue weighted by molar-refractivity contribution is -0.143. The van der Waals surface area contributed by atoms with Gasteiger partial charge in [0.2, 0.25) is 0 Å². The average Bonchev–Trinajstić information content (AvgIpc) is 2.74. The number of carbonyl (C=O) groups is 1. The standard InChI is InChI=1S/C11H7F4N3O/c12-6-1-3-7(4-2-6)18-9(11(13,14)15)8(5-17-18)10(16)19/h1-5H,(H2,16,19). The maximum atomic E-state index is 12.9. The highest BCUT2D eigenvalue weighted by Crippen LogP contribution is 2.33. The first-order chi connectivity index (χ1) is 8.80. The topological polar surface area (TPSA) is 60.9 Å². The molecule has 0 atom stereocenters. The van der Waals surface area contributed by atoms with Crippen molar-refractivity contribution in [2.75, 3.05) is 0 Å². The Bertz CT molecular complexity index is 616. The summed E-state index contributed by atoms with van der Waals surface area (Å²) in [5.74, 6) is -1.83. The van der Waals surface area contributed by atoms with Gasteiger partial charge in [0, 0.05) is 0 Å². The van der Waals surface area contributed by atoms with Gasteiger partial charge >= 0.3 is 6.18 Å². The summed E-state index contributed by atoms with van der Waals surface area (Å²) in [5.41, 5.74) is 2.82. The van der Waals surface area contributed by atoms with Crippen molar-refractivity contribution in [2.45, 2.75) is 6.18 Å². The second-order valence-corrected chi connectivity index (χ2v) is 3.66. The van der Waals surface area contributed by atoms with Gasteiger partial charge in [0.15, 0.2) is 5.69 Å². The van der Waals surface area contributed by atoms with Crippen LogP contribution in [0.2, 0.25) is 0 Å². The van der Waals surface area contributed by atoms with Crippen LogP contribution < -0.4 is 5.73 Å². The summed E-state index contributed by atoms with van der Waals surface area (Å²) in [6, 6.07) is 4.20. The molecule has 0 saturated heterocycles. The van der Waals surface area contributed by atoms with E-state index in [0.29, 0.717) is 4.68 Å². The van der Waals surface area contributed by atoms with Crippen LogP contribution in [0.3, 0.4) is 0 Å². The first-order valence-corrected chi connectivity index (χ1v) is 5.01. The third-order valence-electron chi connectivity index (χ3n) is 2.37. The van der Waals surface area contributed by atoms with Crippen molar-refractivity contribution >= 4 is 5.91 Å². The molecule has 19 heavy (non-hydrogen) atoms. The Hall–Kier alpha value is -2.38. The summed E-state index contributed by atoms with van der Waals surface area (Å²) in [5, 5.41) is 3.48. The first kappa shape index (κ1) is 13.1. The van der Waals surface area contributed by atoms with Crippen molar-refractivity contribution < 1.29 is 22.4 Å². The van der Waals surface area contributed by atoms with Crippen molar-refractivity contribution in [1.82, 2.24) is 9.78 Å². The van der Waals surface area contributed by atoms with Crippen molar-refractivity contribution in [3.8, 4) is 5.69 Å². The maximum Gasteiger partial charge on any atom is 0.434 e. The summed E-state index contributed by atoms with van der Waals surface area (Å²) in [7, 11) is 0. The Labute approximate surface area is 104 Å². The molecule has 0 aliphatic heterocycles. The SMILES string of the molecule is NC(=O)c1cnn(-c2ccc(F)cc2)c1C(F)(F)F. The lowest BCUT2D eigenvalue weighted by Gasteiger charge is -2.11. The smallest absolute Gasteiger partial charge is 0.365 e. The van der Waals surface area contributed by atoms with Gasteiger partial charge < -0.3 is 5.73 Å². The summed E-state index contributed by atoms with van der Waals surface area (Å²) in [4.78, 5) is 11.0. The minimum atomic E-state index is -4.81. The van der Waals surface area contributed by atoms with E-state index in [2.05, 4.69) is 5.10 Å². The minimum absolute atomic E-state index is 0.0266. The molecule has 8 heteroatoms. The van der Waals surface area contributed by atoms with Gasteiger partial charge in [0.05, 0.1) is 17.4 Å². The van der Waals surface area contributed by atoms with Crippen LogP contribution in [-0.2, 0) is 6.18 Å². The summed E-state index contributed by atoms with van der Waals surface area (Å²) >= 11 is 0. The number of hydrogen-bond acceptors (Lipinski definition) is 2. The normalized spacial score (nSPS) is 11.6. The zero-order valence-electron chi connectivity index (χ0n) is 9.28. The van der Waals surface area contributed by atoms with Crippen LogP contribution in [0.15, 0.2) is 30.5 Å². The number of aromatic nitrogens is 2. The van der Waals surface area contributed by atoms with Crippen molar-refractivity contribution in [1.29, 1.82) is 0 Å². The van der Waals surface area contributed by atoms with Crippen molar-refractivity contribution in [2.24, 2.45) is 5.73 Å². The number of hydrogen-bond donors (Lipinski definition) is 1. The third kappa shape index (κ3) is 2.42. The molecule has 2 N–H and O–H groups in total. The largest absolute Gasteiger partial charge is 0.434 e. The van der Waals surface area contributed by atoms with E-state index in [1.807, 2.05) is 0 Å². The molecule has 4 nitrogen and oxygen atoms in total. The van der Waals surface area contributed by atoms with Gasteiger partial charge in [-0.15, -0.1) is 0 Å². The number of nitrogens with two attached hydrogens (primary N) is 1. The van der Waals surface area contributed by atoms with Crippen LogP contribution in [-0.4, -0.2) is 15.7 Å². The zero-order valence-corrected chi connectivity index (χ0v) is 9.28. The molecule has 0 fully saturated rings. The lowest BCUT2D eigenvalue weighted by atomic mass is 10.2. The Morgan fingerprint density at radius 2 is 1.79 bits per heavy atom. The van der Waals surface area contributed by atoms with Gasteiger partial charge in [-0.25, -0.2) is 9.07 Å². The Kier molecular flexibility index (Phi) is 3.01. The second kappa shape index (κ2) is 4.38. The van der Waals surface area contributed by atoms with E-state index in [1.54, 1.807) is 0 Å². The summed E-state index contributed by atoms with van der Waals surface area (Å²) in [6.07, 6.45) is -4.08. The van der Waals surface area contributed by atoms with E-state index in [-0.39, 0.29) is 5.69 Å². The molecule has 2 aromatic rings. The lowest BCUT2D eigenvalue weighted by Crippen LogP contribution is -2.20. The number of primary amides is 1. The Morgan fingerprint density at radius 1 is 1.21 bits per heavy atom. The Balaban J connectivity index is 2.64. The predicted molar refractivity (Wildman–Crippen MR) is 57.0 cm³/mol. The molecule has 2 rings (SSSR count). The molecular formula is C11H7F4N3O. The highest BCUT2D eigenvalue weighted by atomic mass is 19.4. The zero-order chi connectivity index (χ0) is 14.2. The number of halogens is 4. The van der Waals surface area contributed by atoms with Crippen LogP contribution >= 0.6 is 0 Å². The Morgan fingerprint density at radius 3 is 2.26 bits per heavy atom. The molecule has 0 aliphatic rings. The second-order valence-electron chi connectivity index (χ2n) is 3.66. The molecule has 0 unspecified atom stereocenters. The molecule has 0 spiro atoms. The van der Waals surface area contributed by atoms with E-state index in [0.717, 1.165) is 30.5 Å². The van der Waals surface area contributed by atoms with Gasteiger partial charge in [0.1, 0.15) is 5.82 Å². The van der Waals surface area contributed by atoms with Gasteiger partial charge in [-0.3, -0.25) is 4.79 Å². The van der Waals surface area contributed by atoms with Gasteiger partial charge in [-0.2, -0.15) is 18.3 Å². The van der Waals surface area contributed by atoms with E-state index < -0.39 is 29.2 Å². The minimum Gasteiger partial charge on any atom is -0.365 e. The van der Waals surface area contributed by atoms with Crippen LogP contribution in [0, 0.1) is 5.82 Å². The average molecular weight is 273 g/mol. The number of carbonyl (C=O) groups excluding carboxylic acids is 1. The van der Waals surface area contributed by atoms with Gasteiger partial charge in [-0.1, -0.05) is 0 Å². The van der Waals surface area contributed by atoms with Crippen LogP contribution in [0.5, 0.6) is 0 Å². The van der Waals surface area contributed by atoms with Crippen molar-refractivity contribution in [3.63, 3.8) is 0 Å². The number of nitrogens with zero attached hydrogens (tertiary/aromatic N) is 2. The fraction of sp³-hybridized carbons (Fsp3) is 0.0909. The predicted octanol–water partition coefficient (Wildman–Crippen LogP) is 2.13. The van der Waals surface area contributed by atoms with Crippen LogP contribution in [0.4, 0.5) is 17.6 Å². The quantitative estimate of drug-likeness (QED) is 0.852. The molecule has 0 radical (unpaired) electrons. The van der Waals surface area contributed by atoms with Crippen LogP contribution in [0.25, 0.3) is 5.69 Å². The highest BCUT2D eigenvalue weighted by Gasteiger charge is 2.40. The number of amides is 1. The molecule has 0 aliphatic carbocycles. The molecule has 1 heterocycles. The monoisotopic (exact) mass is 273 g/mol. The number of benzene rings is 1. The molecule has 1 amide bonds. The van der Waals surface area contributed by atoms with E-state index in [1.165, 1.54) is 0 Å². The molecule has 1 aromatic carbocycles. The molecular weight excluding hydrogens is 266 g/mol. The fourth-order valence-electron chi connectivity index (χ4n) is 1.58.